The first-order valence-electron chi connectivity index (χ1n) is 8.10. The van der Waals surface area contributed by atoms with E-state index >= 15 is 0 Å². The van der Waals surface area contributed by atoms with Crippen LogP contribution in [0.4, 0.5) is 18.9 Å². The molecule has 1 aromatic rings. The van der Waals surface area contributed by atoms with Gasteiger partial charge in [0.05, 0.1) is 0 Å². The predicted octanol–water partition coefficient (Wildman–Crippen LogP) is 3.52. The van der Waals surface area contributed by atoms with Gasteiger partial charge in [-0.2, -0.15) is 13.2 Å². The minimum absolute atomic E-state index is 0.0492. The number of hydrogen-bond acceptors (Lipinski definition) is 2. The van der Waals surface area contributed by atoms with Gasteiger partial charge in [0.2, 0.25) is 5.91 Å². The molecule has 2 amide bonds. The topological polar surface area (TPSA) is 49.4 Å². The van der Waals surface area contributed by atoms with Gasteiger partial charge in [-0.05, 0) is 43.4 Å². The van der Waals surface area contributed by atoms with E-state index in [4.69, 9.17) is 0 Å². The first kappa shape index (κ1) is 18.3. The summed E-state index contributed by atoms with van der Waals surface area (Å²) in [6, 6.07) is 6.16. The fraction of sp³-hybridized carbons (Fsp3) is 0.529. The number of amides is 2. The smallest absolute Gasteiger partial charge is 0.324 e. The summed E-state index contributed by atoms with van der Waals surface area (Å²) in [6.45, 7) is 2.05. The van der Waals surface area contributed by atoms with Crippen LogP contribution >= 0.6 is 0 Å². The zero-order valence-electron chi connectivity index (χ0n) is 13.5. The van der Waals surface area contributed by atoms with E-state index in [2.05, 4.69) is 12.2 Å². The summed E-state index contributed by atoms with van der Waals surface area (Å²) in [5.41, 5.74) is 1.66. The third kappa shape index (κ3) is 4.49. The van der Waals surface area contributed by atoms with Crippen LogP contribution in [0.15, 0.2) is 24.3 Å². The molecular weight excluding hydrogens is 321 g/mol. The number of unbranched alkanes of at least 4 members (excludes halogenated alkanes) is 1. The number of likely N-dealkylation sites (tertiary alicyclic amines) is 1. The predicted molar refractivity (Wildman–Crippen MR) is 84.5 cm³/mol. The maximum atomic E-state index is 12.6. The fourth-order valence-electron chi connectivity index (χ4n) is 2.81. The number of alkyl halides is 3. The molecular formula is C17H21F3N2O2. The lowest BCUT2D eigenvalue weighted by molar-refractivity contribution is -0.186. The van der Waals surface area contributed by atoms with E-state index < -0.39 is 24.0 Å². The first-order valence-corrected chi connectivity index (χ1v) is 8.10. The highest BCUT2D eigenvalue weighted by Gasteiger charge is 2.47. The van der Waals surface area contributed by atoms with E-state index in [0.29, 0.717) is 17.0 Å². The number of halogens is 3. The van der Waals surface area contributed by atoms with Gasteiger partial charge in [0, 0.05) is 12.2 Å². The zero-order valence-corrected chi connectivity index (χ0v) is 13.5. The second-order valence-corrected chi connectivity index (χ2v) is 5.94. The molecule has 1 heterocycles. The summed E-state index contributed by atoms with van der Waals surface area (Å²) in [4.78, 5) is 24.3. The van der Waals surface area contributed by atoms with Crippen LogP contribution in [-0.4, -0.2) is 35.5 Å². The van der Waals surface area contributed by atoms with Crippen LogP contribution < -0.4 is 5.32 Å². The minimum atomic E-state index is -4.95. The second-order valence-electron chi connectivity index (χ2n) is 5.94. The molecule has 1 aliphatic heterocycles. The molecule has 2 rings (SSSR count). The Hall–Kier alpha value is -2.05. The van der Waals surface area contributed by atoms with Crippen LogP contribution in [0.3, 0.4) is 0 Å². The quantitative estimate of drug-likeness (QED) is 0.890. The summed E-state index contributed by atoms with van der Waals surface area (Å²) in [6.07, 6.45) is -1.23. The van der Waals surface area contributed by atoms with Crippen molar-refractivity contribution in [3.8, 4) is 0 Å². The molecule has 0 bridgehead atoms. The van der Waals surface area contributed by atoms with Gasteiger partial charge < -0.3 is 10.2 Å². The molecule has 1 saturated heterocycles. The van der Waals surface area contributed by atoms with E-state index in [9.17, 15) is 22.8 Å². The Bertz CT molecular complexity index is 584. The standard InChI is InChI=1S/C17H21F3N2O2/c1-2-3-5-12-7-9-13(10-8-12)21-15(23)14-6-4-11-22(14)16(24)17(18,19)20/h7-10,14H,2-6,11H2,1H3,(H,21,23). The van der Waals surface area contributed by atoms with Gasteiger partial charge in [-0.3, -0.25) is 9.59 Å². The van der Waals surface area contributed by atoms with Crippen molar-refractivity contribution >= 4 is 17.5 Å². The molecule has 24 heavy (non-hydrogen) atoms. The summed E-state index contributed by atoms with van der Waals surface area (Å²) in [7, 11) is 0. The van der Waals surface area contributed by atoms with Crippen molar-refractivity contribution in [1.82, 2.24) is 4.90 Å². The Morgan fingerprint density at radius 2 is 1.92 bits per heavy atom. The van der Waals surface area contributed by atoms with Crippen molar-refractivity contribution in [3.63, 3.8) is 0 Å². The Kier molecular flexibility index (Phi) is 5.85. The van der Waals surface area contributed by atoms with Gasteiger partial charge in [0.25, 0.3) is 0 Å². The van der Waals surface area contributed by atoms with Crippen molar-refractivity contribution in [1.29, 1.82) is 0 Å². The van der Waals surface area contributed by atoms with Gasteiger partial charge in [-0.15, -0.1) is 0 Å². The highest BCUT2D eigenvalue weighted by Crippen LogP contribution is 2.26. The number of rotatable bonds is 5. The number of carbonyl (C=O) groups is 2. The van der Waals surface area contributed by atoms with Crippen molar-refractivity contribution in [2.45, 2.75) is 51.2 Å². The molecule has 1 aromatic carbocycles. The summed E-state index contributed by atoms with van der Waals surface area (Å²) < 4.78 is 37.8. The Balaban J connectivity index is 1.99. The summed E-state index contributed by atoms with van der Waals surface area (Å²) in [5, 5.41) is 2.60. The number of hydrogen-bond donors (Lipinski definition) is 1. The molecule has 4 nitrogen and oxygen atoms in total. The largest absolute Gasteiger partial charge is 0.471 e. The normalized spacial score (nSPS) is 17.8. The molecule has 1 aliphatic rings. The van der Waals surface area contributed by atoms with Crippen LogP contribution in [0, 0.1) is 0 Å². The van der Waals surface area contributed by atoms with Crippen LogP contribution in [0.25, 0.3) is 0 Å². The number of anilines is 1. The van der Waals surface area contributed by atoms with E-state index in [0.717, 1.165) is 24.8 Å². The van der Waals surface area contributed by atoms with Crippen LogP contribution in [0.2, 0.25) is 0 Å². The Morgan fingerprint density at radius 1 is 1.25 bits per heavy atom. The van der Waals surface area contributed by atoms with E-state index in [1.165, 1.54) is 0 Å². The van der Waals surface area contributed by atoms with Crippen molar-refractivity contribution < 1.29 is 22.8 Å². The van der Waals surface area contributed by atoms with Crippen molar-refractivity contribution in [2.24, 2.45) is 0 Å². The fourth-order valence-corrected chi connectivity index (χ4v) is 2.81. The monoisotopic (exact) mass is 342 g/mol. The average molecular weight is 342 g/mol. The number of benzene rings is 1. The zero-order chi connectivity index (χ0) is 17.7. The van der Waals surface area contributed by atoms with Gasteiger partial charge in [0.1, 0.15) is 6.04 Å². The number of carbonyl (C=O) groups excluding carboxylic acids is 2. The lowest BCUT2D eigenvalue weighted by Gasteiger charge is -2.24. The van der Waals surface area contributed by atoms with Crippen LogP contribution in [-0.2, 0) is 16.0 Å². The Labute approximate surface area is 139 Å². The minimum Gasteiger partial charge on any atom is -0.324 e. The molecule has 1 N–H and O–H groups in total. The SMILES string of the molecule is CCCCc1ccc(NC(=O)C2CCCN2C(=O)C(F)(F)F)cc1. The Morgan fingerprint density at radius 3 is 2.50 bits per heavy atom. The molecule has 132 valence electrons. The first-order chi connectivity index (χ1) is 11.3. The molecule has 1 unspecified atom stereocenters. The number of nitrogens with one attached hydrogen (secondary N) is 1. The number of aryl methyl sites for hydroxylation is 1. The van der Waals surface area contributed by atoms with Gasteiger partial charge in [0.15, 0.2) is 0 Å². The molecule has 1 atom stereocenters. The third-order valence-corrected chi connectivity index (χ3v) is 4.10. The maximum Gasteiger partial charge on any atom is 0.471 e. The molecule has 1 fully saturated rings. The van der Waals surface area contributed by atoms with Crippen molar-refractivity contribution in [2.75, 3.05) is 11.9 Å². The van der Waals surface area contributed by atoms with Crippen molar-refractivity contribution in [3.05, 3.63) is 29.8 Å². The molecule has 7 heteroatoms. The third-order valence-electron chi connectivity index (χ3n) is 4.10. The molecule has 0 saturated carbocycles. The van der Waals surface area contributed by atoms with Crippen LogP contribution in [0.1, 0.15) is 38.2 Å². The highest BCUT2D eigenvalue weighted by atomic mass is 19.4. The number of nitrogens with zero attached hydrogens (tertiary/aromatic N) is 1. The summed E-state index contributed by atoms with van der Waals surface area (Å²) >= 11 is 0. The lowest BCUT2D eigenvalue weighted by Crippen LogP contribution is -2.48. The maximum absolute atomic E-state index is 12.6. The average Bonchev–Trinajstić information content (AvgIpc) is 3.02. The molecule has 0 spiro atoms. The van der Waals surface area contributed by atoms with Gasteiger partial charge in [-0.25, -0.2) is 0 Å². The van der Waals surface area contributed by atoms with Crippen LogP contribution in [0.5, 0.6) is 0 Å². The lowest BCUT2D eigenvalue weighted by atomic mass is 10.1. The molecule has 0 aliphatic carbocycles. The molecule has 0 aromatic heterocycles. The molecule has 0 radical (unpaired) electrons. The van der Waals surface area contributed by atoms with Gasteiger partial charge in [-0.1, -0.05) is 25.5 Å². The van der Waals surface area contributed by atoms with E-state index in [1.54, 1.807) is 12.1 Å². The highest BCUT2D eigenvalue weighted by molar-refractivity contribution is 5.98. The van der Waals surface area contributed by atoms with Gasteiger partial charge >= 0.3 is 12.1 Å². The van der Waals surface area contributed by atoms with E-state index in [1.807, 2.05) is 12.1 Å². The second kappa shape index (κ2) is 7.68. The summed E-state index contributed by atoms with van der Waals surface area (Å²) in [5.74, 6) is -2.53. The van der Waals surface area contributed by atoms with E-state index in [-0.39, 0.29) is 13.0 Å².